The maximum absolute atomic E-state index is 12.7. The molecule has 1 aliphatic rings. The Labute approximate surface area is 151 Å². The minimum absolute atomic E-state index is 0.122. The topological polar surface area (TPSA) is 49.7 Å². The van der Waals surface area contributed by atoms with Gasteiger partial charge in [-0.1, -0.05) is 0 Å². The van der Waals surface area contributed by atoms with Gasteiger partial charge in [-0.3, -0.25) is 4.79 Å². The molecular weight excluding hydrogens is 330 g/mol. The number of benzene rings is 2. The molecule has 26 heavy (non-hydrogen) atoms. The van der Waals surface area contributed by atoms with E-state index >= 15 is 0 Å². The third-order valence-corrected chi connectivity index (χ3v) is 4.47. The number of ether oxygens (including phenoxy) is 3. The van der Waals surface area contributed by atoms with Crippen molar-refractivity contribution < 1.29 is 19.0 Å². The van der Waals surface area contributed by atoms with Crippen LogP contribution >= 0.6 is 0 Å². The smallest absolute Gasteiger partial charge is 0.231 e. The van der Waals surface area contributed by atoms with Gasteiger partial charge in [0, 0.05) is 35.8 Å². The highest BCUT2D eigenvalue weighted by Crippen LogP contribution is 2.36. The van der Waals surface area contributed by atoms with Gasteiger partial charge in [-0.25, -0.2) is 0 Å². The zero-order valence-electron chi connectivity index (χ0n) is 14.9. The molecule has 1 aliphatic heterocycles. The quantitative estimate of drug-likeness (QED) is 0.662. The molecule has 0 radical (unpaired) electrons. The number of Topliss-reactive ketones (excluding diaryl/α,β-unsaturated/α-hetero) is 1. The largest absolute Gasteiger partial charge is 0.497 e. The number of aryl methyl sites for hydroxylation is 1. The number of rotatable bonds is 4. The van der Waals surface area contributed by atoms with Gasteiger partial charge >= 0.3 is 0 Å². The minimum Gasteiger partial charge on any atom is -0.497 e. The Kier molecular flexibility index (Phi) is 3.92. The minimum atomic E-state index is -0.122. The van der Waals surface area contributed by atoms with Crippen molar-refractivity contribution in [3.05, 3.63) is 59.5 Å². The summed E-state index contributed by atoms with van der Waals surface area (Å²) < 4.78 is 18.6. The zero-order chi connectivity index (χ0) is 18.3. The van der Waals surface area contributed by atoms with E-state index in [0.717, 1.165) is 22.2 Å². The molecular formula is C21H19NO4. The monoisotopic (exact) mass is 349 g/mol. The fourth-order valence-corrected chi connectivity index (χ4v) is 3.21. The molecule has 5 heteroatoms. The lowest BCUT2D eigenvalue weighted by Crippen LogP contribution is -1.97. The van der Waals surface area contributed by atoms with Gasteiger partial charge in [0.15, 0.2) is 5.76 Å². The summed E-state index contributed by atoms with van der Waals surface area (Å²) in [6.07, 6.45) is 3.76. The number of nitrogens with zero attached hydrogens (tertiary/aromatic N) is 1. The van der Waals surface area contributed by atoms with Crippen LogP contribution in [0.4, 0.5) is 0 Å². The number of hydrogen-bond donors (Lipinski definition) is 0. The lowest BCUT2D eigenvalue weighted by atomic mass is 10.1. The van der Waals surface area contributed by atoms with Crippen LogP contribution in [-0.2, 0) is 7.05 Å². The standard InChI is InChI=1S/C21H19NO4/c1-4-25-15-5-7-16-19(11-15)26-20(21(16)23)9-13-12-22(2)18-8-6-14(24-3)10-17(13)18/h5-12H,4H2,1-3H3/b20-9-. The van der Waals surface area contributed by atoms with E-state index in [0.29, 0.717) is 29.4 Å². The summed E-state index contributed by atoms with van der Waals surface area (Å²) in [6.45, 7) is 2.48. The number of methoxy groups -OCH3 is 1. The highest BCUT2D eigenvalue weighted by molar-refractivity contribution is 6.15. The van der Waals surface area contributed by atoms with Gasteiger partial charge in [-0.2, -0.15) is 0 Å². The van der Waals surface area contributed by atoms with Crippen LogP contribution in [0.3, 0.4) is 0 Å². The van der Waals surface area contributed by atoms with Crippen LogP contribution in [0.2, 0.25) is 0 Å². The number of allylic oxidation sites excluding steroid dienone is 1. The van der Waals surface area contributed by atoms with Crippen molar-refractivity contribution in [2.24, 2.45) is 7.05 Å². The van der Waals surface area contributed by atoms with Crippen LogP contribution in [0, 0.1) is 0 Å². The summed E-state index contributed by atoms with van der Waals surface area (Å²) in [7, 11) is 3.61. The highest BCUT2D eigenvalue weighted by atomic mass is 16.5. The maximum atomic E-state index is 12.7. The van der Waals surface area contributed by atoms with Crippen molar-refractivity contribution >= 4 is 22.8 Å². The second-order valence-corrected chi connectivity index (χ2v) is 6.11. The number of fused-ring (bicyclic) bond motifs is 2. The number of hydrogen-bond acceptors (Lipinski definition) is 4. The van der Waals surface area contributed by atoms with E-state index in [1.165, 1.54) is 0 Å². The zero-order valence-corrected chi connectivity index (χ0v) is 14.9. The van der Waals surface area contributed by atoms with Crippen LogP contribution in [0.5, 0.6) is 17.2 Å². The second-order valence-electron chi connectivity index (χ2n) is 6.11. The molecule has 0 amide bonds. The molecule has 132 valence electrons. The van der Waals surface area contributed by atoms with Crippen LogP contribution in [-0.4, -0.2) is 24.1 Å². The Bertz CT molecular complexity index is 1050. The number of aromatic nitrogens is 1. The first-order valence-corrected chi connectivity index (χ1v) is 8.45. The van der Waals surface area contributed by atoms with E-state index in [4.69, 9.17) is 14.2 Å². The predicted molar refractivity (Wildman–Crippen MR) is 100 cm³/mol. The summed E-state index contributed by atoms with van der Waals surface area (Å²) >= 11 is 0. The van der Waals surface area contributed by atoms with Crippen LogP contribution < -0.4 is 14.2 Å². The Morgan fingerprint density at radius 2 is 1.96 bits per heavy atom. The van der Waals surface area contributed by atoms with Gasteiger partial charge in [0.25, 0.3) is 0 Å². The summed E-state index contributed by atoms with van der Waals surface area (Å²) in [5.41, 5.74) is 2.51. The molecule has 1 aromatic heterocycles. The highest BCUT2D eigenvalue weighted by Gasteiger charge is 2.28. The van der Waals surface area contributed by atoms with Crippen LogP contribution in [0.1, 0.15) is 22.8 Å². The molecule has 0 bridgehead atoms. The average Bonchev–Trinajstić information content (AvgIpc) is 3.12. The SMILES string of the molecule is CCOc1ccc2c(c1)O/C(=C\c1cn(C)c3ccc(OC)cc13)C2=O. The van der Waals surface area contributed by atoms with Gasteiger partial charge in [-0.15, -0.1) is 0 Å². The Hall–Kier alpha value is -3.21. The third kappa shape index (κ3) is 2.62. The summed E-state index contributed by atoms with van der Waals surface area (Å²) in [5, 5.41) is 1.00. The van der Waals surface area contributed by atoms with Gasteiger partial charge in [-0.05, 0) is 43.3 Å². The van der Waals surface area contributed by atoms with E-state index in [2.05, 4.69) is 0 Å². The van der Waals surface area contributed by atoms with Gasteiger partial charge < -0.3 is 18.8 Å². The van der Waals surface area contributed by atoms with E-state index in [1.807, 2.05) is 42.9 Å². The summed E-state index contributed by atoms with van der Waals surface area (Å²) in [5.74, 6) is 2.18. The Morgan fingerprint density at radius 1 is 1.15 bits per heavy atom. The molecule has 0 fully saturated rings. The lowest BCUT2D eigenvalue weighted by molar-refractivity contribution is 0.101. The molecule has 2 aromatic carbocycles. The van der Waals surface area contributed by atoms with E-state index in [9.17, 15) is 4.79 Å². The third-order valence-electron chi connectivity index (χ3n) is 4.47. The Balaban J connectivity index is 1.75. The fraction of sp³-hybridized carbons (Fsp3) is 0.190. The lowest BCUT2D eigenvalue weighted by Gasteiger charge is -2.03. The number of ketones is 1. The Morgan fingerprint density at radius 3 is 2.73 bits per heavy atom. The van der Waals surface area contributed by atoms with Crippen LogP contribution in [0.25, 0.3) is 17.0 Å². The van der Waals surface area contributed by atoms with Crippen LogP contribution in [0.15, 0.2) is 48.4 Å². The van der Waals surface area contributed by atoms with Gasteiger partial charge in [0.1, 0.15) is 17.2 Å². The molecule has 0 saturated carbocycles. The molecule has 0 aliphatic carbocycles. The second kappa shape index (κ2) is 6.26. The summed E-state index contributed by atoms with van der Waals surface area (Å²) in [6, 6.07) is 11.2. The average molecular weight is 349 g/mol. The molecule has 5 nitrogen and oxygen atoms in total. The van der Waals surface area contributed by atoms with E-state index < -0.39 is 0 Å². The molecule has 0 atom stereocenters. The molecule has 4 rings (SSSR count). The normalized spacial score (nSPS) is 14.6. The van der Waals surface area contributed by atoms with Crippen molar-refractivity contribution in [2.75, 3.05) is 13.7 Å². The maximum Gasteiger partial charge on any atom is 0.231 e. The molecule has 2 heterocycles. The van der Waals surface area contributed by atoms with Crippen molar-refractivity contribution in [1.82, 2.24) is 4.57 Å². The molecule has 0 N–H and O–H groups in total. The number of carbonyl (C=O) groups excluding carboxylic acids is 1. The van der Waals surface area contributed by atoms with E-state index in [1.54, 1.807) is 31.4 Å². The summed E-state index contributed by atoms with van der Waals surface area (Å²) in [4.78, 5) is 12.7. The van der Waals surface area contributed by atoms with Crippen molar-refractivity contribution in [3.63, 3.8) is 0 Å². The van der Waals surface area contributed by atoms with Crippen molar-refractivity contribution in [3.8, 4) is 17.2 Å². The number of carbonyl (C=O) groups is 1. The molecule has 0 spiro atoms. The molecule has 0 unspecified atom stereocenters. The van der Waals surface area contributed by atoms with Crippen molar-refractivity contribution in [2.45, 2.75) is 6.92 Å². The first-order chi connectivity index (χ1) is 12.6. The fourth-order valence-electron chi connectivity index (χ4n) is 3.21. The van der Waals surface area contributed by atoms with E-state index in [-0.39, 0.29) is 5.78 Å². The molecule has 0 saturated heterocycles. The first-order valence-electron chi connectivity index (χ1n) is 8.45. The van der Waals surface area contributed by atoms with Gasteiger partial charge in [0.2, 0.25) is 5.78 Å². The van der Waals surface area contributed by atoms with Gasteiger partial charge in [0.05, 0.1) is 19.3 Å². The first kappa shape index (κ1) is 16.3. The predicted octanol–water partition coefficient (Wildman–Crippen LogP) is 4.20. The molecule has 3 aromatic rings. The van der Waals surface area contributed by atoms with Crippen molar-refractivity contribution in [1.29, 1.82) is 0 Å².